The third-order valence-corrected chi connectivity index (χ3v) is 4.67. The summed E-state index contributed by atoms with van der Waals surface area (Å²) in [6, 6.07) is 17.8. The lowest BCUT2D eigenvalue weighted by molar-refractivity contribution is -0.114. The van der Waals surface area contributed by atoms with Crippen molar-refractivity contribution in [2.45, 2.75) is 6.54 Å². The molecule has 0 aliphatic heterocycles. The van der Waals surface area contributed by atoms with Crippen molar-refractivity contribution in [2.75, 3.05) is 24.3 Å². The van der Waals surface area contributed by atoms with Gasteiger partial charge in [0.15, 0.2) is 0 Å². The SMILES string of the molecule is COc1ccc(Cl)cc1NC(=O)CNc1ccc(C(=O)NCc2ccccc2F)cc1. The van der Waals surface area contributed by atoms with Crippen molar-refractivity contribution in [1.82, 2.24) is 5.32 Å². The van der Waals surface area contributed by atoms with E-state index in [9.17, 15) is 14.0 Å². The normalized spacial score (nSPS) is 10.3. The Bertz CT molecular complexity index is 1070. The first-order valence-electron chi connectivity index (χ1n) is 9.45. The molecule has 0 aliphatic rings. The first-order chi connectivity index (χ1) is 15.0. The lowest BCUT2D eigenvalue weighted by atomic mass is 10.1. The zero-order valence-corrected chi connectivity index (χ0v) is 17.5. The summed E-state index contributed by atoms with van der Waals surface area (Å²) in [7, 11) is 1.51. The van der Waals surface area contributed by atoms with Crippen LogP contribution in [-0.4, -0.2) is 25.5 Å². The van der Waals surface area contributed by atoms with Gasteiger partial charge >= 0.3 is 0 Å². The Morgan fingerprint density at radius 1 is 1.03 bits per heavy atom. The maximum Gasteiger partial charge on any atom is 0.251 e. The van der Waals surface area contributed by atoms with Crippen LogP contribution in [0.2, 0.25) is 5.02 Å². The highest BCUT2D eigenvalue weighted by Crippen LogP contribution is 2.27. The van der Waals surface area contributed by atoms with Gasteiger partial charge in [-0.1, -0.05) is 29.8 Å². The van der Waals surface area contributed by atoms with Gasteiger partial charge in [-0.05, 0) is 48.5 Å². The van der Waals surface area contributed by atoms with Crippen LogP contribution < -0.4 is 20.7 Å². The molecule has 0 unspecified atom stereocenters. The van der Waals surface area contributed by atoms with Gasteiger partial charge in [0.1, 0.15) is 11.6 Å². The van der Waals surface area contributed by atoms with Gasteiger partial charge in [-0.2, -0.15) is 0 Å². The smallest absolute Gasteiger partial charge is 0.251 e. The number of hydrogen-bond acceptors (Lipinski definition) is 4. The van der Waals surface area contributed by atoms with Crippen LogP contribution in [0.4, 0.5) is 15.8 Å². The number of amides is 2. The molecule has 3 N–H and O–H groups in total. The van der Waals surface area contributed by atoms with Gasteiger partial charge in [-0.25, -0.2) is 4.39 Å². The van der Waals surface area contributed by atoms with Gasteiger partial charge in [0.25, 0.3) is 5.91 Å². The molecule has 0 spiro atoms. The Balaban J connectivity index is 1.51. The van der Waals surface area contributed by atoms with Gasteiger partial charge < -0.3 is 20.7 Å². The maximum absolute atomic E-state index is 13.6. The Labute approximate surface area is 184 Å². The van der Waals surface area contributed by atoms with Crippen molar-refractivity contribution in [3.05, 3.63) is 88.7 Å². The second kappa shape index (κ2) is 10.4. The van der Waals surface area contributed by atoms with E-state index in [1.165, 1.54) is 13.2 Å². The van der Waals surface area contributed by atoms with Crippen molar-refractivity contribution in [2.24, 2.45) is 0 Å². The molecule has 3 rings (SSSR count). The second-order valence-electron chi connectivity index (χ2n) is 6.60. The van der Waals surface area contributed by atoms with Crippen molar-refractivity contribution in [3.8, 4) is 5.75 Å². The van der Waals surface area contributed by atoms with Crippen LogP contribution in [0.15, 0.2) is 66.7 Å². The summed E-state index contributed by atoms with van der Waals surface area (Å²) in [5, 5.41) is 8.88. The molecule has 8 heteroatoms. The minimum Gasteiger partial charge on any atom is -0.495 e. The number of carbonyl (C=O) groups excluding carboxylic acids is 2. The minimum atomic E-state index is -0.365. The molecule has 0 atom stereocenters. The zero-order chi connectivity index (χ0) is 22.2. The van der Waals surface area contributed by atoms with E-state index >= 15 is 0 Å². The van der Waals surface area contributed by atoms with E-state index in [4.69, 9.17) is 16.3 Å². The summed E-state index contributed by atoms with van der Waals surface area (Å²) >= 11 is 5.96. The van der Waals surface area contributed by atoms with Gasteiger partial charge in [-0.15, -0.1) is 0 Å². The topological polar surface area (TPSA) is 79.5 Å². The molecule has 0 saturated heterocycles. The molecule has 6 nitrogen and oxygen atoms in total. The molecule has 0 fully saturated rings. The number of benzene rings is 3. The number of anilines is 2. The Kier molecular flexibility index (Phi) is 7.45. The van der Waals surface area contributed by atoms with Crippen molar-refractivity contribution < 1.29 is 18.7 Å². The molecule has 3 aromatic rings. The molecule has 3 aromatic carbocycles. The number of methoxy groups -OCH3 is 1. The van der Waals surface area contributed by atoms with E-state index in [1.54, 1.807) is 60.7 Å². The highest BCUT2D eigenvalue weighted by atomic mass is 35.5. The summed E-state index contributed by atoms with van der Waals surface area (Å²) in [5.74, 6) is -0.465. The highest BCUT2D eigenvalue weighted by Gasteiger charge is 2.10. The zero-order valence-electron chi connectivity index (χ0n) is 16.7. The number of ether oxygens (including phenoxy) is 1. The average molecular weight is 442 g/mol. The number of halogens is 2. The van der Waals surface area contributed by atoms with Gasteiger partial charge in [-0.3, -0.25) is 9.59 Å². The summed E-state index contributed by atoms with van der Waals surface area (Å²) in [5.41, 5.74) is 1.98. The largest absolute Gasteiger partial charge is 0.495 e. The van der Waals surface area contributed by atoms with Crippen LogP contribution in [0, 0.1) is 5.82 Å². The van der Waals surface area contributed by atoms with Crippen LogP contribution in [0.1, 0.15) is 15.9 Å². The Morgan fingerprint density at radius 3 is 2.48 bits per heavy atom. The van der Waals surface area contributed by atoms with E-state index in [1.807, 2.05) is 0 Å². The number of nitrogens with one attached hydrogen (secondary N) is 3. The van der Waals surface area contributed by atoms with Crippen molar-refractivity contribution in [1.29, 1.82) is 0 Å². The second-order valence-corrected chi connectivity index (χ2v) is 7.03. The van der Waals surface area contributed by atoms with Crippen molar-refractivity contribution >= 4 is 34.8 Å². The van der Waals surface area contributed by atoms with Crippen LogP contribution >= 0.6 is 11.6 Å². The van der Waals surface area contributed by atoms with E-state index in [-0.39, 0.29) is 30.7 Å². The lowest BCUT2D eigenvalue weighted by Gasteiger charge is -2.12. The average Bonchev–Trinajstić information content (AvgIpc) is 2.77. The van der Waals surface area contributed by atoms with Gasteiger partial charge in [0, 0.05) is 28.4 Å². The molecule has 31 heavy (non-hydrogen) atoms. The fraction of sp³-hybridized carbons (Fsp3) is 0.130. The minimum absolute atomic E-state index is 0.00843. The quantitative estimate of drug-likeness (QED) is 0.482. The van der Waals surface area contributed by atoms with Gasteiger partial charge in [0.05, 0.1) is 19.3 Å². The first kappa shape index (κ1) is 22.1. The Hall–Kier alpha value is -3.58. The third-order valence-electron chi connectivity index (χ3n) is 4.43. The fourth-order valence-corrected chi connectivity index (χ4v) is 2.99. The van der Waals surface area contributed by atoms with Crippen LogP contribution in [-0.2, 0) is 11.3 Å². The number of carbonyl (C=O) groups is 2. The van der Waals surface area contributed by atoms with E-state index in [0.29, 0.717) is 33.3 Å². The van der Waals surface area contributed by atoms with E-state index < -0.39 is 0 Å². The number of hydrogen-bond donors (Lipinski definition) is 3. The first-order valence-corrected chi connectivity index (χ1v) is 9.83. The summed E-state index contributed by atoms with van der Waals surface area (Å²) in [6.07, 6.45) is 0. The molecule has 2 amide bonds. The number of rotatable bonds is 8. The third kappa shape index (κ3) is 6.20. The lowest BCUT2D eigenvalue weighted by Crippen LogP contribution is -2.23. The fourth-order valence-electron chi connectivity index (χ4n) is 2.81. The van der Waals surface area contributed by atoms with Crippen LogP contribution in [0.5, 0.6) is 5.75 Å². The molecular weight excluding hydrogens is 421 g/mol. The van der Waals surface area contributed by atoms with Crippen LogP contribution in [0.3, 0.4) is 0 Å². The molecule has 0 radical (unpaired) electrons. The molecule has 0 aromatic heterocycles. The predicted molar refractivity (Wildman–Crippen MR) is 119 cm³/mol. The molecule has 160 valence electrons. The molecule has 0 bridgehead atoms. The summed E-state index contributed by atoms with van der Waals surface area (Å²) in [6.45, 7) is 0.104. The van der Waals surface area contributed by atoms with Gasteiger partial charge in [0.2, 0.25) is 5.91 Å². The van der Waals surface area contributed by atoms with Crippen molar-refractivity contribution in [3.63, 3.8) is 0 Å². The Morgan fingerprint density at radius 2 is 1.77 bits per heavy atom. The predicted octanol–water partition coefficient (Wildman–Crippen LogP) is 4.47. The highest BCUT2D eigenvalue weighted by molar-refractivity contribution is 6.31. The van der Waals surface area contributed by atoms with Crippen LogP contribution in [0.25, 0.3) is 0 Å². The summed E-state index contributed by atoms with van der Waals surface area (Å²) in [4.78, 5) is 24.5. The summed E-state index contributed by atoms with van der Waals surface area (Å²) < 4.78 is 18.8. The molecule has 0 heterocycles. The van der Waals surface area contributed by atoms with E-state index in [0.717, 1.165) is 0 Å². The standard InChI is InChI=1S/C23H21ClFN3O3/c1-31-21-11-8-17(24)12-20(21)28-22(29)14-26-18-9-6-15(7-10-18)23(30)27-13-16-4-2-3-5-19(16)25/h2-12,26H,13-14H2,1H3,(H,27,30)(H,28,29). The molecule has 0 saturated carbocycles. The molecular formula is C23H21ClFN3O3. The monoisotopic (exact) mass is 441 g/mol. The molecule has 0 aliphatic carbocycles. The van der Waals surface area contributed by atoms with E-state index in [2.05, 4.69) is 16.0 Å². The maximum atomic E-state index is 13.6.